The van der Waals surface area contributed by atoms with Gasteiger partial charge in [0.2, 0.25) is 0 Å². The first-order valence-corrected chi connectivity index (χ1v) is 9.76. The maximum atomic E-state index is 11.1. The molecule has 0 aromatic heterocycles. The number of aliphatic hydroxyl groups is 3. The Bertz CT molecular complexity index is 613. The van der Waals surface area contributed by atoms with Crippen molar-refractivity contribution in [1.82, 2.24) is 0 Å². The second-order valence-electron chi connectivity index (χ2n) is 6.67. The molecule has 158 valence electrons. The zero-order valence-electron chi connectivity index (χ0n) is 14.7. The van der Waals surface area contributed by atoms with E-state index in [0.717, 1.165) is 0 Å². The second-order valence-corrected chi connectivity index (χ2v) is 7.72. The molecule has 3 heterocycles. The van der Waals surface area contributed by atoms with Crippen LogP contribution in [-0.2, 0) is 38.3 Å². The molecule has 0 aliphatic carbocycles. The summed E-state index contributed by atoms with van der Waals surface area (Å²) in [6.07, 6.45) is -10.3. The van der Waals surface area contributed by atoms with Crippen molar-refractivity contribution in [2.24, 2.45) is 0 Å². The molecule has 0 aromatic carbocycles. The summed E-state index contributed by atoms with van der Waals surface area (Å²) in [6.45, 7) is 1.18. The Hall–Kier alpha value is -0.450. The lowest BCUT2D eigenvalue weighted by atomic mass is 9.97. The van der Waals surface area contributed by atoms with E-state index in [1.165, 1.54) is 7.11 Å². The minimum Gasteiger partial charge on any atom is -0.394 e. The van der Waals surface area contributed by atoms with Crippen molar-refractivity contribution < 1.29 is 56.2 Å². The van der Waals surface area contributed by atoms with Crippen LogP contribution in [0.2, 0.25) is 0 Å². The maximum absolute atomic E-state index is 11.1. The van der Waals surface area contributed by atoms with E-state index >= 15 is 0 Å². The smallest absolute Gasteiger partial charge is 0.394 e. The summed E-state index contributed by atoms with van der Waals surface area (Å²) in [4.78, 5) is 0. The number of aliphatic hydroxyl groups excluding tert-OH is 3. The first-order chi connectivity index (χ1) is 12.7. The van der Waals surface area contributed by atoms with E-state index in [1.54, 1.807) is 6.92 Å². The highest BCUT2D eigenvalue weighted by molar-refractivity contribution is 7.80. The molecule has 3 fully saturated rings. The van der Waals surface area contributed by atoms with Crippen LogP contribution in [0.4, 0.5) is 0 Å². The summed E-state index contributed by atoms with van der Waals surface area (Å²) >= 11 is 0. The average Bonchev–Trinajstić information content (AvgIpc) is 2.90. The van der Waals surface area contributed by atoms with Gasteiger partial charge in [-0.2, -0.15) is 8.42 Å². The molecule has 3 aliphatic rings. The number of ether oxygens (including phenoxy) is 5. The minimum absolute atomic E-state index is 0.186. The zero-order valence-corrected chi connectivity index (χ0v) is 15.5. The molecular formula is C14H24O12S. The van der Waals surface area contributed by atoms with Gasteiger partial charge in [-0.1, -0.05) is 0 Å². The van der Waals surface area contributed by atoms with Crippen molar-refractivity contribution in [2.75, 3.05) is 20.3 Å². The lowest BCUT2D eigenvalue weighted by Gasteiger charge is -2.45. The standard InChI is InChI=1S/C14H24O12S/c1-5-8(16)13-10(7(23-5)4-22-13)25-14-9(17)12(21-2)11(6(3-15)24-14)26-27(18,19)20/h5-17H,3-4H2,1-2H3,(H,18,19,20)/t5?,6?,7?,8?,9?,10?,11?,12?,13-,14?/m0/s1. The van der Waals surface area contributed by atoms with Crippen molar-refractivity contribution in [3.05, 3.63) is 0 Å². The van der Waals surface area contributed by atoms with Crippen molar-refractivity contribution in [3.63, 3.8) is 0 Å². The van der Waals surface area contributed by atoms with E-state index in [9.17, 15) is 23.7 Å². The van der Waals surface area contributed by atoms with Gasteiger partial charge in [0, 0.05) is 7.11 Å². The Morgan fingerprint density at radius 3 is 2.41 bits per heavy atom. The molecule has 27 heavy (non-hydrogen) atoms. The number of hydrogen-bond acceptors (Lipinski definition) is 11. The molecule has 2 bridgehead atoms. The third-order valence-corrected chi connectivity index (χ3v) is 5.41. The van der Waals surface area contributed by atoms with E-state index in [4.69, 9.17) is 28.2 Å². The summed E-state index contributed by atoms with van der Waals surface area (Å²) in [5.74, 6) is 0. The van der Waals surface area contributed by atoms with Crippen LogP contribution < -0.4 is 0 Å². The number of rotatable bonds is 6. The minimum atomic E-state index is -4.89. The van der Waals surface area contributed by atoms with Crippen molar-refractivity contribution in [3.8, 4) is 0 Å². The molecular weight excluding hydrogens is 392 g/mol. The Balaban J connectivity index is 1.75. The van der Waals surface area contributed by atoms with Gasteiger partial charge in [-0.25, -0.2) is 4.18 Å². The van der Waals surface area contributed by atoms with Crippen LogP contribution >= 0.6 is 0 Å². The molecule has 3 rings (SSSR count). The zero-order chi connectivity index (χ0) is 19.9. The molecule has 0 saturated carbocycles. The summed E-state index contributed by atoms with van der Waals surface area (Å²) in [5, 5.41) is 30.2. The molecule has 12 nitrogen and oxygen atoms in total. The topological polar surface area (TPSA) is 170 Å². The number of methoxy groups -OCH3 is 1. The normalized spacial score (nSPS) is 47.9. The SMILES string of the molecule is COC1C(O)C(OC2C3CO[C@H]2C(O)C(C)O3)OC(CO)C1OS(=O)(=O)O. The van der Waals surface area contributed by atoms with Crippen LogP contribution in [0.15, 0.2) is 0 Å². The third kappa shape index (κ3) is 4.28. The van der Waals surface area contributed by atoms with Crippen molar-refractivity contribution in [1.29, 1.82) is 0 Å². The van der Waals surface area contributed by atoms with Gasteiger partial charge in [0.05, 0.1) is 19.3 Å². The average molecular weight is 416 g/mol. The van der Waals surface area contributed by atoms with Gasteiger partial charge in [0.15, 0.2) is 6.29 Å². The van der Waals surface area contributed by atoms with Gasteiger partial charge in [0.1, 0.15) is 48.8 Å². The van der Waals surface area contributed by atoms with Crippen LogP contribution in [-0.4, -0.2) is 110 Å². The summed E-state index contributed by atoms with van der Waals surface area (Å²) in [5.41, 5.74) is 0. The Morgan fingerprint density at radius 2 is 1.81 bits per heavy atom. The Kier molecular flexibility index (Phi) is 6.39. The lowest BCUT2D eigenvalue weighted by Crippen LogP contribution is -2.63. The van der Waals surface area contributed by atoms with Gasteiger partial charge in [-0.05, 0) is 6.92 Å². The van der Waals surface area contributed by atoms with Crippen LogP contribution in [0.3, 0.4) is 0 Å². The van der Waals surface area contributed by atoms with E-state index in [0.29, 0.717) is 0 Å². The third-order valence-electron chi connectivity index (χ3n) is 4.94. The van der Waals surface area contributed by atoms with Crippen molar-refractivity contribution in [2.45, 2.75) is 68.1 Å². The first kappa shape index (κ1) is 21.3. The molecule has 0 aromatic rings. The van der Waals surface area contributed by atoms with Crippen molar-refractivity contribution >= 4 is 10.4 Å². The van der Waals surface area contributed by atoms with Gasteiger partial charge in [-0.3, -0.25) is 4.55 Å². The van der Waals surface area contributed by atoms with E-state index in [2.05, 4.69) is 4.18 Å². The van der Waals surface area contributed by atoms with Gasteiger partial charge in [-0.15, -0.1) is 0 Å². The molecule has 0 radical (unpaired) electrons. The predicted octanol–water partition coefficient (Wildman–Crippen LogP) is -2.80. The maximum Gasteiger partial charge on any atom is 0.397 e. The molecule has 0 amide bonds. The number of fused-ring (bicyclic) bond motifs is 2. The summed E-state index contributed by atoms with van der Waals surface area (Å²) < 4.78 is 62.9. The fraction of sp³-hybridized carbons (Fsp3) is 1.00. The molecule has 10 atom stereocenters. The number of hydrogen-bond donors (Lipinski definition) is 4. The van der Waals surface area contributed by atoms with Gasteiger partial charge >= 0.3 is 10.4 Å². The van der Waals surface area contributed by atoms with Gasteiger partial charge < -0.3 is 39.0 Å². The highest BCUT2D eigenvalue weighted by Crippen LogP contribution is 2.35. The summed E-state index contributed by atoms with van der Waals surface area (Å²) in [6, 6.07) is 0. The quantitative estimate of drug-likeness (QED) is 0.328. The fourth-order valence-corrected chi connectivity index (χ4v) is 4.16. The van der Waals surface area contributed by atoms with E-state index in [1.807, 2.05) is 0 Å². The molecule has 3 saturated heterocycles. The molecule has 9 unspecified atom stereocenters. The first-order valence-electron chi connectivity index (χ1n) is 8.39. The monoisotopic (exact) mass is 416 g/mol. The Labute approximate surface area is 155 Å². The van der Waals surface area contributed by atoms with Crippen LogP contribution in [0.5, 0.6) is 0 Å². The predicted molar refractivity (Wildman–Crippen MR) is 83.9 cm³/mol. The molecule has 13 heteroatoms. The Morgan fingerprint density at radius 1 is 1.11 bits per heavy atom. The fourth-order valence-electron chi connectivity index (χ4n) is 3.64. The van der Waals surface area contributed by atoms with Crippen LogP contribution in [0.1, 0.15) is 6.92 Å². The molecule has 4 N–H and O–H groups in total. The highest BCUT2D eigenvalue weighted by atomic mass is 32.3. The lowest BCUT2D eigenvalue weighted by molar-refractivity contribution is -0.327. The largest absolute Gasteiger partial charge is 0.397 e. The van der Waals surface area contributed by atoms with E-state index < -0.39 is 78.2 Å². The van der Waals surface area contributed by atoms with Gasteiger partial charge in [0.25, 0.3) is 0 Å². The van der Waals surface area contributed by atoms with Crippen LogP contribution in [0.25, 0.3) is 0 Å². The van der Waals surface area contributed by atoms with Crippen LogP contribution in [0, 0.1) is 0 Å². The summed E-state index contributed by atoms with van der Waals surface area (Å²) in [7, 11) is -3.71. The van der Waals surface area contributed by atoms with E-state index in [-0.39, 0.29) is 6.61 Å². The second kappa shape index (κ2) is 8.12. The molecule has 3 aliphatic heterocycles. The molecule has 0 spiro atoms. The highest BCUT2D eigenvalue weighted by Gasteiger charge is 2.54.